The van der Waals surface area contributed by atoms with E-state index >= 15 is 0 Å². The monoisotopic (exact) mass is 283 g/mol. The Morgan fingerprint density at radius 3 is 2.72 bits per heavy atom. The number of hydrogen-bond acceptors (Lipinski definition) is 7. The van der Waals surface area contributed by atoms with Crippen LogP contribution in [0.15, 0.2) is 33.9 Å². The van der Waals surface area contributed by atoms with Gasteiger partial charge >= 0.3 is 0 Å². The van der Waals surface area contributed by atoms with E-state index < -0.39 is 11.0 Å². The molecule has 8 heteroatoms. The van der Waals surface area contributed by atoms with Crippen LogP contribution < -0.4 is 0 Å². The summed E-state index contributed by atoms with van der Waals surface area (Å²) in [6.07, 6.45) is 2.43. The molecule has 0 fully saturated rings. The van der Waals surface area contributed by atoms with Gasteiger partial charge in [0.1, 0.15) is 4.21 Å². The molecule has 0 amide bonds. The predicted molar refractivity (Wildman–Crippen MR) is 67.8 cm³/mol. The van der Waals surface area contributed by atoms with Crippen molar-refractivity contribution in [2.24, 2.45) is 0 Å². The summed E-state index contributed by atoms with van der Waals surface area (Å²) in [6.45, 7) is 1.57. The van der Waals surface area contributed by atoms with Crippen molar-refractivity contribution in [2.75, 3.05) is 0 Å². The number of aliphatic hydroxyl groups is 1. The van der Waals surface area contributed by atoms with Crippen molar-refractivity contribution in [3.05, 3.63) is 39.5 Å². The molecule has 6 nitrogen and oxygen atoms in total. The third-order valence-electron chi connectivity index (χ3n) is 2.03. The maximum absolute atomic E-state index is 10.9. The Morgan fingerprint density at radius 1 is 1.50 bits per heavy atom. The quantitative estimate of drug-likeness (QED) is 0.527. The lowest BCUT2D eigenvalue weighted by Crippen LogP contribution is -1.88. The van der Waals surface area contributed by atoms with Crippen molar-refractivity contribution in [3.8, 4) is 0 Å². The Balaban J connectivity index is 2.34. The molecule has 2 aromatic heterocycles. The van der Waals surface area contributed by atoms with Gasteiger partial charge in [-0.2, -0.15) is 0 Å². The van der Waals surface area contributed by atoms with E-state index in [1.807, 2.05) is 0 Å². The van der Waals surface area contributed by atoms with Gasteiger partial charge in [0, 0.05) is 23.3 Å². The van der Waals surface area contributed by atoms with Crippen molar-refractivity contribution in [1.82, 2.24) is 9.97 Å². The summed E-state index contributed by atoms with van der Waals surface area (Å²) in [5.41, 5.74) is -0.0200. The van der Waals surface area contributed by atoms with Gasteiger partial charge in [0.15, 0.2) is 5.16 Å². The van der Waals surface area contributed by atoms with Crippen LogP contribution in [0, 0.1) is 10.1 Å². The van der Waals surface area contributed by atoms with Gasteiger partial charge in [-0.25, -0.2) is 9.97 Å². The molecular weight excluding hydrogens is 274 g/mol. The summed E-state index contributed by atoms with van der Waals surface area (Å²) in [5.74, 6) is 0. The topological polar surface area (TPSA) is 89.2 Å². The van der Waals surface area contributed by atoms with Crippen LogP contribution in [-0.2, 0) is 0 Å². The zero-order chi connectivity index (χ0) is 13.1. The number of nitrogens with zero attached hydrogens (tertiary/aromatic N) is 3. The highest BCUT2D eigenvalue weighted by molar-refractivity contribution is 8.01. The SMILES string of the molecule is C[C@H](O)c1cc([N+](=O)[O-])c(Sc2ncccn2)s1. The summed E-state index contributed by atoms with van der Waals surface area (Å²) < 4.78 is 0.474. The second-order valence-electron chi connectivity index (χ2n) is 3.39. The minimum Gasteiger partial charge on any atom is -0.388 e. The molecule has 0 bridgehead atoms. The van der Waals surface area contributed by atoms with Crippen molar-refractivity contribution in [1.29, 1.82) is 0 Å². The lowest BCUT2D eigenvalue weighted by atomic mass is 10.3. The molecule has 0 saturated heterocycles. The maximum Gasteiger partial charge on any atom is 0.294 e. The standard InChI is InChI=1S/C10H9N3O3S2/c1-6(14)8-5-7(13(15)16)9(17-8)18-10-11-3-2-4-12-10/h2-6,14H,1H3/t6-/m0/s1. The average Bonchev–Trinajstić information content (AvgIpc) is 2.74. The van der Waals surface area contributed by atoms with Crippen molar-refractivity contribution in [2.45, 2.75) is 22.4 Å². The van der Waals surface area contributed by atoms with Crippen LogP contribution in [0.1, 0.15) is 17.9 Å². The normalized spacial score (nSPS) is 12.3. The molecule has 2 aromatic rings. The molecule has 18 heavy (non-hydrogen) atoms. The van der Waals surface area contributed by atoms with E-state index in [9.17, 15) is 15.2 Å². The number of hydrogen-bond donors (Lipinski definition) is 1. The van der Waals surface area contributed by atoms with Gasteiger partial charge in [0.25, 0.3) is 5.69 Å². The first kappa shape index (κ1) is 12.9. The molecule has 0 aliphatic rings. The van der Waals surface area contributed by atoms with E-state index in [-0.39, 0.29) is 5.69 Å². The van der Waals surface area contributed by atoms with Crippen molar-refractivity contribution in [3.63, 3.8) is 0 Å². The number of thiophene rings is 1. The highest BCUT2D eigenvalue weighted by Gasteiger charge is 2.22. The lowest BCUT2D eigenvalue weighted by Gasteiger charge is -1.96. The first-order valence-electron chi connectivity index (χ1n) is 4.99. The summed E-state index contributed by atoms with van der Waals surface area (Å²) in [5, 5.41) is 20.8. The average molecular weight is 283 g/mol. The Hall–Kier alpha value is -1.51. The van der Waals surface area contributed by atoms with Crippen LogP contribution in [0.25, 0.3) is 0 Å². The van der Waals surface area contributed by atoms with Gasteiger partial charge in [-0.15, -0.1) is 11.3 Å². The molecule has 0 aliphatic heterocycles. The molecule has 0 unspecified atom stereocenters. The smallest absolute Gasteiger partial charge is 0.294 e. The zero-order valence-electron chi connectivity index (χ0n) is 9.31. The predicted octanol–water partition coefficient (Wildman–Crippen LogP) is 2.65. The second kappa shape index (κ2) is 5.42. The van der Waals surface area contributed by atoms with E-state index in [4.69, 9.17) is 0 Å². The van der Waals surface area contributed by atoms with Crippen LogP contribution in [-0.4, -0.2) is 20.0 Å². The molecule has 1 atom stereocenters. The minimum absolute atomic E-state index is 0.0200. The van der Waals surface area contributed by atoms with Gasteiger partial charge in [-0.1, -0.05) is 0 Å². The van der Waals surface area contributed by atoms with Gasteiger partial charge < -0.3 is 5.11 Å². The molecule has 0 spiro atoms. The molecule has 0 aromatic carbocycles. The summed E-state index contributed by atoms with van der Waals surface area (Å²) in [6, 6.07) is 3.06. The molecule has 0 aliphatic carbocycles. The summed E-state index contributed by atoms with van der Waals surface area (Å²) in [4.78, 5) is 19.0. The fourth-order valence-electron chi connectivity index (χ4n) is 1.21. The summed E-state index contributed by atoms with van der Waals surface area (Å²) in [7, 11) is 0. The molecule has 94 valence electrons. The van der Waals surface area contributed by atoms with Crippen LogP contribution in [0.3, 0.4) is 0 Å². The molecule has 1 N–H and O–H groups in total. The minimum atomic E-state index is -0.722. The molecule has 2 heterocycles. The molecular formula is C10H9N3O3S2. The highest BCUT2D eigenvalue weighted by atomic mass is 32.2. The van der Waals surface area contributed by atoms with Gasteiger partial charge in [0.2, 0.25) is 0 Å². The van der Waals surface area contributed by atoms with Gasteiger partial charge in [-0.3, -0.25) is 10.1 Å². The highest BCUT2D eigenvalue weighted by Crippen LogP contribution is 2.41. The van der Waals surface area contributed by atoms with Crippen LogP contribution in [0.2, 0.25) is 0 Å². The van der Waals surface area contributed by atoms with E-state index in [1.165, 1.54) is 17.4 Å². The van der Waals surface area contributed by atoms with Crippen LogP contribution >= 0.6 is 23.1 Å². The molecule has 0 radical (unpaired) electrons. The van der Waals surface area contributed by atoms with E-state index in [2.05, 4.69) is 9.97 Å². The Bertz CT molecular complexity index is 557. The third kappa shape index (κ3) is 2.84. The Morgan fingerprint density at radius 2 is 2.17 bits per heavy atom. The largest absolute Gasteiger partial charge is 0.388 e. The zero-order valence-corrected chi connectivity index (χ0v) is 10.9. The first-order valence-corrected chi connectivity index (χ1v) is 6.62. The number of rotatable bonds is 4. The third-order valence-corrected chi connectivity index (χ3v) is 4.41. The van der Waals surface area contributed by atoms with E-state index in [1.54, 1.807) is 25.4 Å². The molecule has 0 saturated carbocycles. The number of aliphatic hydroxyl groups excluding tert-OH is 1. The van der Waals surface area contributed by atoms with Crippen molar-refractivity contribution < 1.29 is 10.0 Å². The van der Waals surface area contributed by atoms with E-state index in [0.717, 1.165) is 11.8 Å². The second-order valence-corrected chi connectivity index (χ2v) is 5.71. The first-order chi connectivity index (χ1) is 8.58. The fourth-order valence-corrected chi connectivity index (χ4v) is 3.31. The van der Waals surface area contributed by atoms with Crippen LogP contribution in [0.4, 0.5) is 5.69 Å². The maximum atomic E-state index is 10.9. The number of aromatic nitrogens is 2. The lowest BCUT2D eigenvalue weighted by molar-refractivity contribution is -0.387. The summed E-state index contributed by atoms with van der Waals surface area (Å²) >= 11 is 2.31. The van der Waals surface area contributed by atoms with Gasteiger partial charge in [0.05, 0.1) is 11.0 Å². The van der Waals surface area contributed by atoms with Crippen molar-refractivity contribution >= 4 is 28.8 Å². The number of nitro groups is 1. The Kier molecular flexibility index (Phi) is 3.90. The van der Waals surface area contributed by atoms with Crippen LogP contribution in [0.5, 0.6) is 0 Å². The molecule has 2 rings (SSSR count). The Labute approximate surface area is 111 Å². The van der Waals surface area contributed by atoms with E-state index in [0.29, 0.717) is 14.2 Å². The van der Waals surface area contributed by atoms with Gasteiger partial charge in [-0.05, 0) is 24.8 Å². The fraction of sp³-hybridized carbons (Fsp3) is 0.200.